The summed E-state index contributed by atoms with van der Waals surface area (Å²) < 4.78 is 0.979. The van der Waals surface area contributed by atoms with Gasteiger partial charge in [0.2, 0.25) is 5.91 Å². The van der Waals surface area contributed by atoms with Crippen LogP contribution < -0.4 is 4.90 Å². The Bertz CT molecular complexity index is 467. The molecule has 19 heavy (non-hydrogen) atoms. The number of aliphatic hydroxyl groups excluding tert-OH is 1. The second kappa shape index (κ2) is 6.06. The number of nitrogens with zero attached hydrogens (tertiary/aromatic N) is 1. The van der Waals surface area contributed by atoms with Crippen molar-refractivity contribution < 1.29 is 9.90 Å². The van der Waals surface area contributed by atoms with Gasteiger partial charge in [0.15, 0.2) is 0 Å². The lowest BCUT2D eigenvalue weighted by Crippen LogP contribution is -2.36. The van der Waals surface area contributed by atoms with Crippen molar-refractivity contribution in [3.05, 3.63) is 28.2 Å². The third-order valence-corrected chi connectivity index (χ3v) is 4.40. The summed E-state index contributed by atoms with van der Waals surface area (Å²) in [6.45, 7) is 2.01. The van der Waals surface area contributed by atoms with Crippen LogP contribution in [0.15, 0.2) is 22.7 Å². The number of rotatable bonds is 2. The molecule has 1 aromatic rings. The molecule has 0 unspecified atom stereocenters. The predicted molar refractivity (Wildman–Crippen MR) is 80.3 cm³/mol. The van der Waals surface area contributed by atoms with Crippen LogP contribution in [0.5, 0.6) is 0 Å². The van der Waals surface area contributed by atoms with E-state index in [2.05, 4.69) is 15.9 Å². The summed E-state index contributed by atoms with van der Waals surface area (Å²) in [6.07, 6.45) is 2.83. The Morgan fingerprint density at radius 3 is 2.58 bits per heavy atom. The maximum absolute atomic E-state index is 12.5. The van der Waals surface area contributed by atoms with E-state index in [0.717, 1.165) is 41.4 Å². The van der Waals surface area contributed by atoms with E-state index in [1.165, 1.54) is 0 Å². The summed E-state index contributed by atoms with van der Waals surface area (Å²) in [4.78, 5) is 14.3. The molecule has 1 aliphatic rings. The highest BCUT2D eigenvalue weighted by molar-refractivity contribution is 9.10. The molecule has 0 radical (unpaired) electrons. The van der Waals surface area contributed by atoms with Crippen LogP contribution in [0, 0.1) is 12.8 Å². The largest absolute Gasteiger partial charge is 0.393 e. The molecule has 4 heteroatoms. The van der Waals surface area contributed by atoms with E-state index >= 15 is 0 Å². The van der Waals surface area contributed by atoms with Gasteiger partial charge in [-0.3, -0.25) is 4.79 Å². The van der Waals surface area contributed by atoms with E-state index in [-0.39, 0.29) is 17.9 Å². The molecule has 0 aromatic heterocycles. The quantitative estimate of drug-likeness (QED) is 0.906. The van der Waals surface area contributed by atoms with Gasteiger partial charge in [-0.05, 0) is 50.3 Å². The average Bonchev–Trinajstić information content (AvgIpc) is 2.41. The molecular formula is C15H20BrNO2. The monoisotopic (exact) mass is 325 g/mol. The minimum Gasteiger partial charge on any atom is -0.393 e. The Hall–Kier alpha value is -0.870. The molecule has 2 rings (SSSR count). The molecular weight excluding hydrogens is 306 g/mol. The zero-order chi connectivity index (χ0) is 14.0. The van der Waals surface area contributed by atoms with Gasteiger partial charge < -0.3 is 10.0 Å². The van der Waals surface area contributed by atoms with E-state index in [1.54, 1.807) is 4.90 Å². The number of amides is 1. The highest BCUT2D eigenvalue weighted by Crippen LogP contribution is 2.29. The van der Waals surface area contributed by atoms with Crippen LogP contribution >= 0.6 is 15.9 Å². The fourth-order valence-corrected chi connectivity index (χ4v) is 3.01. The van der Waals surface area contributed by atoms with Crippen LogP contribution in [0.1, 0.15) is 31.2 Å². The first-order chi connectivity index (χ1) is 8.99. The number of benzene rings is 1. The number of carbonyl (C=O) groups excluding carboxylic acids is 1. The standard InChI is InChI=1S/C15H20BrNO2/c1-10-3-6-12(16)9-14(10)17(2)15(19)11-4-7-13(18)8-5-11/h3,6,9,11,13,18H,4-5,7-8H2,1-2H3. The van der Waals surface area contributed by atoms with Crippen LogP contribution in [-0.2, 0) is 4.79 Å². The molecule has 1 saturated carbocycles. The van der Waals surface area contributed by atoms with Gasteiger partial charge in [-0.15, -0.1) is 0 Å². The molecule has 104 valence electrons. The van der Waals surface area contributed by atoms with Crippen molar-refractivity contribution >= 4 is 27.5 Å². The molecule has 0 heterocycles. The maximum atomic E-state index is 12.5. The summed E-state index contributed by atoms with van der Waals surface area (Å²) in [7, 11) is 1.84. The van der Waals surface area contributed by atoms with Crippen LogP contribution in [0.25, 0.3) is 0 Å². The molecule has 0 aliphatic heterocycles. The summed E-state index contributed by atoms with van der Waals surface area (Å²) in [5.74, 6) is 0.208. The molecule has 0 saturated heterocycles. The zero-order valence-corrected chi connectivity index (χ0v) is 13.0. The number of anilines is 1. The summed E-state index contributed by atoms with van der Waals surface area (Å²) in [5, 5.41) is 9.51. The SMILES string of the molecule is Cc1ccc(Br)cc1N(C)C(=O)C1CCC(O)CC1. The number of aryl methyl sites for hydroxylation is 1. The van der Waals surface area contributed by atoms with Crippen molar-refractivity contribution in [1.29, 1.82) is 0 Å². The molecule has 0 atom stereocenters. The Morgan fingerprint density at radius 2 is 1.95 bits per heavy atom. The van der Waals surface area contributed by atoms with Crippen molar-refractivity contribution in [2.24, 2.45) is 5.92 Å². The molecule has 1 aliphatic carbocycles. The Morgan fingerprint density at radius 1 is 1.32 bits per heavy atom. The first-order valence-electron chi connectivity index (χ1n) is 6.71. The van der Waals surface area contributed by atoms with Gasteiger partial charge in [0, 0.05) is 23.1 Å². The van der Waals surface area contributed by atoms with Crippen LogP contribution in [-0.4, -0.2) is 24.2 Å². The number of aliphatic hydroxyl groups is 1. The summed E-state index contributed by atoms with van der Waals surface area (Å²) in [6, 6.07) is 5.97. The van der Waals surface area contributed by atoms with Crippen LogP contribution in [0.3, 0.4) is 0 Å². The number of hydrogen-bond acceptors (Lipinski definition) is 2. The number of carbonyl (C=O) groups is 1. The van der Waals surface area contributed by atoms with Gasteiger partial charge in [0.1, 0.15) is 0 Å². The lowest BCUT2D eigenvalue weighted by Gasteiger charge is -2.29. The lowest BCUT2D eigenvalue weighted by atomic mass is 9.86. The van der Waals surface area contributed by atoms with Gasteiger partial charge in [0.05, 0.1) is 6.10 Å². The second-order valence-corrected chi connectivity index (χ2v) is 6.25. The van der Waals surface area contributed by atoms with Gasteiger partial charge in [-0.1, -0.05) is 22.0 Å². The van der Waals surface area contributed by atoms with E-state index in [1.807, 2.05) is 32.2 Å². The van der Waals surface area contributed by atoms with Gasteiger partial charge in [-0.2, -0.15) is 0 Å². The third kappa shape index (κ3) is 3.37. The molecule has 1 N–H and O–H groups in total. The molecule has 1 amide bonds. The second-order valence-electron chi connectivity index (χ2n) is 5.33. The normalized spacial score (nSPS) is 23.2. The molecule has 1 aromatic carbocycles. The number of halogens is 1. The predicted octanol–water partition coefficient (Wildman–Crippen LogP) is 3.27. The minimum atomic E-state index is -0.220. The molecule has 1 fully saturated rings. The van der Waals surface area contributed by atoms with Crippen molar-refractivity contribution in [2.75, 3.05) is 11.9 Å². The van der Waals surface area contributed by atoms with Gasteiger partial charge in [0.25, 0.3) is 0 Å². The van der Waals surface area contributed by atoms with Crippen molar-refractivity contribution in [1.82, 2.24) is 0 Å². The van der Waals surface area contributed by atoms with Crippen molar-refractivity contribution in [3.63, 3.8) is 0 Å². The van der Waals surface area contributed by atoms with E-state index in [0.29, 0.717) is 0 Å². The summed E-state index contributed by atoms with van der Waals surface area (Å²) >= 11 is 3.45. The maximum Gasteiger partial charge on any atom is 0.229 e. The fourth-order valence-electron chi connectivity index (χ4n) is 2.66. The first-order valence-corrected chi connectivity index (χ1v) is 7.50. The molecule has 0 bridgehead atoms. The summed E-state index contributed by atoms with van der Waals surface area (Å²) in [5.41, 5.74) is 2.04. The lowest BCUT2D eigenvalue weighted by molar-refractivity contribution is -0.123. The van der Waals surface area contributed by atoms with Gasteiger partial charge in [-0.25, -0.2) is 0 Å². The zero-order valence-electron chi connectivity index (χ0n) is 11.4. The average molecular weight is 326 g/mol. The van der Waals surface area contributed by atoms with E-state index in [9.17, 15) is 9.90 Å². The van der Waals surface area contributed by atoms with E-state index in [4.69, 9.17) is 0 Å². The molecule has 3 nitrogen and oxygen atoms in total. The Kier molecular flexibility index (Phi) is 4.63. The fraction of sp³-hybridized carbons (Fsp3) is 0.533. The highest BCUT2D eigenvalue weighted by Gasteiger charge is 2.28. The Labute approximate surface area is 122 Å². The third-order valence-electron chi connectivity index (χ3n) is 3.91. The first kappa shape index (κ1) is 14.5. The topological polar surface area (TPSA) is 40.5 Å². The minimum absolute atomic E-state index is 0.0479. The van der Waals surface area contributed by atoms with Crippen molar-refractivity contribution in [3.8, 4) is 0 Å². The smallest absolute Gasteiger partial charge is 0.229 e. The van der Waals surface area contributed by atoms with Crippen molar-refractivity contribution in [2.45, 2.75) is 38.7 Å². The van der Waals surface area contributed by atoms with Crippen LogP contribution in [0.4, 0.5) is 5.69 Å². The number of hydrogen-bond donors (Lipinski definition) is 1. The Balaban J connectivity index is 2.12. The van der Waals surface area contributed by atoms with Gasteiger partial charge >= 0.3 is 0 Å². The highest BCUT2D eigenvalue weighted by atomic mass is 79.9. The van der Waals surface area contributed by atoms with E-state index < -0.39 is 0 Å². The molecule has 0 spiro atoms. The van der Waals surface area contributed by atoms with Crippen LogP contribution in [0.2, 0.25) is 0 Å².